The van der Waals surface area contributed by atoms with Gasteiger partial charge in [-0.25, -0.2) is 15.0 Å². The molecule has 0 bridgehead atoms. The van der Waals surface area contributed by atoms with Crippen LogP contribution in [0.1, 0.15) is 0 Å². The number of furan rings is 2. The zero-order valence-corrected chi connectivity index (χ0v) is 34.7. The van der Waals surface area contributed by atoms with E-state index < -0.39 is 0 Å². The maximum atomic E-state index is 6.59. The van der Waals surface area contributed by atoms with Crippen LogP contribution in [0.4, 0.5) is 0 Å². The summed E-state index contributed by atoms with van der Waals surface area (Å²) in [6.07, 6.45) is 0. The Morgan fingerprint density at radius 1 is 0.277 bits per heavy atom. The van der Waals surface area contributed by atoms with Gasteiger partial charge in [-0.3, -0.25) is 0 Å². The van der Waals surface area contributed by atoms with Gasteiger partial charge in [0.2, 0.25) is 0 Å². The van der Waals surface area contributed by atoms with Crippen molar-refractivity contribution in [3.8, 4) is 51.0 Å². The van der Waals surface area contributed by atoms with E-state index in [2.05, 4.69) is 168 Å². The molecule has 302 valence electrons. The summed E-state index contributed by atoms with van der Waals surface area (Å²) in [7, 11) is 0. The average molecular weight is 831 g/mol. The Hall–Kier alpha value is -8.87. The molecule has 6 nitrogen and oxygen atoms in total. The molecule has 0 aliphatic carbocycles. The maximum Gasteiger partial charge on any atom is 0.164 e. The second kappa shape index (κ2) is 13.8. The molecule has 4 heterocycles. The predicted octanol–water partition coefficient (Wildman–Crippen LogP) is 15.7. The zero-order valence-electron chi connectivity index (χ0n) is 34.7. The molecule has 0 atom stereocenters. The Morgan fingerprint density at radius 3 is 1.54 bits per heavy atom. The summed E-state index contributed by atoms with van der Waals surface area (Å²) in [4.78, 5) is 15.5. The minimum absolute atomic E-state index is 0.579. The van der Waals surface area contributed by atoms with Gasteiger partial charge >= 0.3 is 0 Å². The lowest BCUT2D eigenvalue weighted by Gasteiger charge is -2.10. The van der Waals surface area contributed by atoms with Crippen molar-refractivity contribution in [2.75, 3.05) is 0 Å². The fraction of sp³-hybridized carbons (Fsp3) is 0. The van der Waals surface area contributed by atoms with Crippen LogP contribution < -0.4 is 0 Å². The summed E-state index contributed by atoms with van der Waals surface area (Å²) >= 11 is 0. The number of aromatic nitrogens is 4. The molecule has 0 aliphatic heterocycles. The van der Waals surface area contributed by atoms with E-state index in [4.69, 9.17) is 23.8 Å². The molecular formula is C59H34N4O2. The fourth-order valence-corrected chi connectivity index (χ4v) is 9.88. The quantitative estimate of drug-likeness (QED) is 0.162. The highest BCUT2D eigenvalue weighted by Crippen LogP contribution is 2.39. The standard InChI is InChI=1S/C59H34N4O2/c1-2-11-42(12-3-1)63-51-16-8-6-14-45(51)46-26-20-36(33-52(46)63)37-21-27-48-50-32-41(24-29-55(50)65-56(48)34-37)59-61-57(39-22-25-44-38(30-39)19-18-35-10-4-5-13-43(35)44)60-58(62-59)40-23-28-54-49(31-40)47-15-7-9-17-53(47)64-54/h1-34H. The van der Waals surface area contributed by atoms with Crippen molar-refractivity contribution in [2.45, 2.75) is 0 Å². The zero-order chi connectivity index (χ0) is 42.6. The largest absolute Gasteiger partial charge is 0.456 e. The first-order valence-corrected chi connectivity index (χ1v) is 21.8. The molecule has 0 amide bonds. The SMILES string of the molecule is c1ccc(-n2c3ccccc3c3ccc(-c4ccc5c(c4)oc4ccc(-c6nc(-c7ccc8c(ccc9ccccc98)c7)nc(-c7ccc8oc9ccccc9c8c7)n6)cc45)cc32)cc1. The van der Waals surface area contributed by atoms with Gasteiger partial charge in [0, 0.05) is 54.7 Å². The molecule has 14 rings (SSSR count). The summed E-state index contributed by atoms with van der Waals surface area (Å²) in [5, 5.41) is 11.3. The van der Waals surface area contributed by atoms with Gasteiger partial charge in [-0.05, 0) is 118 Å². The Bertz CT molecular complexity index is 4250. The van der Waals surface area contributed by atoms with Crippen molar-refractivity contribution >= 4 is 87.2 Å². The monoisotopic (exact) mass is 830 g/mol. The number of rotatable bonds is 5. The van der Waals surface area contributed by atoms with Crippen molar-refractivity contribution in [3.63, 3.8) is 0 Å². The minimum Gasteiger partial charge on any atom is -0.456 e. The number of hydrogen-bond acceptors (Lipinski definition) is 5. The second-order valence-electron chi connectivity index (χ2n) is 16.8. The van der Waals surface area contributed by atoms with Gasteiger partial charge in [0.25, 0.3) is 0 Å². The average Bonchev–Trinajstić information content (AvgIpc) is 4.04. The van der Waals surface area contributed by atoms with Crippen LogP contribution in [-0.4, -0.2) is 19.5 Å². The molecule has 0 N–H and O–H groups in total. The highest BCUT2D eigenvalue weighted by atomic mass is 16.3. The van der Waals surface area contributed by atoms with Gasteiger partial charge in [0.1, 0.15) is 22.3 Å². The Labute approximate surface area is 371 Å². The predicted molar refractivity (Wildman–Crippen MR) is 265 cm³/mol. The van der Waals surface area contributed by atoms with Crippen LogP contribution >= 0.6 is 0 Å². The molecule has 0 radical (unpaired) electrons. The van der Waals surface area contributed by atoms with Crippen molar-refractivity contribution in [3.05, 3.63) is 206 Å². The first kappa shape index (κ1) is 35.7. The van der Waals surface area contributed by atoms with E-state index in [1.807, 2.05) is 42.5 Å². The number of para-hydroxylation sites is 3. The first-order valence-electron chi connectivity index (χ1n) is 21.8. The van der Waals surface area contributed by atoms with Crippen molar-refractivity contribution in [1.82, 2.24) is 19.5 Å². The summed E-state index contributed by atoms with van der Waals surface area (Å²) in [6, 6.07) is 72.3. The molecule has 0 unspecified atom stereocenters. The number of benzene rings is 10. The molecule has 0 saturated heterocycles. The second-order valence-corrected chi connectivity index (χ2v) is 16.8. The minimum atomic E-state index is 0.579. The molecule has 0 fully saturated rings. The molecule has 10 aromatic carbocycles. The number of hydrogen-bond donors (Lipinski definition) is 0. The van der Waals surface area contributed by atoms with Gasteiger partial charge in [-0.2, -0.15) is 0 Å². The highest BCUT2D eigenvalue weighted by Gasteiger charge is 2.18. The molecule has 4 aromatic heterocycles. The Morgan fingerprint density at radius 2 is 0.769 bits per heavy atom. The van der Waals surface area contributed by atoms with Gasteiger partial charge < -0.3 is 13.4 Å². The van der Waals surface area contributed by atoms with E-state index in [0.717, 1.165) is 88.3 Å². The highest BCUT2D eigenvalue weighted by molar-refractivity contribution is 6.12. The molecule has 0 spiro atoms. The third-order valence-corrected chi connectivity index (χ3v) is 13.0. The van der Waals surface area contributed by atoms with Crippen LogP contribution in [-0.2, 0) is 0 Å². The fourth-order valence-electron chi connectivity index (χ4n) is 9.88. The third kappa shape index (κ3) is 5.64. The lowest BCUT2D eigenvalue weighted by atomic mass is 10.00. The molecular weight excluding hydrogens is 797 g/mol. The maximum absolute atomic E-state index is 6.59. The summed E-state index contributed by atoms with van der Waals surface area (Å²) in [5.41, 5.74) is 11.6. The van der Waals surface area contributed by atoms with Crippen molar-refractivity contribution < 1.29 is 8.83 Å². The number of fused-ring (bicyclic) bond motifs is 12. The van der Waals surface area contributed by atoms with E-state index >= 15 is 0 Å². The first-order chi connectivity index (χ1) is 32.2. The van der Waals surface area contributed by atoms with E-state index in [0.29, 0.717) is 17.5 Å². The summed E-state index contributed by atoms with van der Waals surface area (Å²) in [5.74, 6) is 1.76. The van der Waals surface area contributed by atoms with Gasteiger partial charge in [-0.1, -0.05) is 121 Å². The van der Waals surface area contributed by atoms with Crippen molar-refractivity contribution in [1.29, 1.82) is 0 Å². The molecule has 6 heteroatoms. The van der Waals surface area contributed by atoms with Crippen LogP contribution in [0, 0.1) is 0 Å². The van der Waals surface area contributed by atoms with Gasteiger partial charge in [-0.15, -0.1) is 0 Å². The molecule has 0 aliphatic rings. The van der Waals surface area contributed by atoms with Gasteiger partial charge in [0.15, 0.2) is 17.5 Å². The summed E-state index contributed by atoms with van der Waals surface area (Å²) < 4.78 is 15.1. The third-order valence-electron chi connectivity index (χ3n) is 13.0. The van der Waals surface area contributed by atoms with E-state index in [9.17, 15) is 0 Å². The lowest BCUT2D eigenvalue weighted by molar-refractivity contribution is 0.668. The van der Waals surface area contributed by atoms with Crippen LogP contribution in [0.3, 0.4) is 0 Å². The smallest absolute Gasteiger partial charge is 0.164 e. The van der Waals surface area contributed by atoms with Gasteiger partial charge in [0.05, 0.1) is 11.0 Å². The van der Waals surface area contributed by atoms with Crippen molar-refractivity contribution in [2.24, 2.45) is 0 Å². The Kier molecular flexibility index (Phi) is 7.59. The molecule has 0 saturated carbocycles. The van der Waals surface area contributed by atoms with E-state index in [-0.39, 0.29) is 0 Å². The normalized spacial score (nSPS) is 12.0. The van der Waals surface area contributed by atoms with E-state index in [1.165, 1.54) is 32.4 Å². The van der Waals surface area contributed by atoms with Crippen LogP contribution in [0.25, 0.3) is 138 Å². The van der Waals surface area contributed by atoms with Crippen LogP contribution in [0.15, 0.2) is 215 Å². The van der Waals surface area contributed by atoms with Crippen LogP contribution in [0.2, 0.25) is 0 Å². The molecule has 14 aromatic rings. The summed E-state index contributed by atoms with van der Waals surface area (Å²) in [6.45, 7) is 0. The Balaban J connectivity index is 0.901. The van der Waals surface area contributed by atoms with Crippen LogP contribution in [0.5, 0.6) is 0 Å². The lowest BCUT2D eigenvalue weighted by Crippen LogP contribution is -2.00. The van der Waals surface area contributed by atoms with E-state index in [1.54, 1.807) is 0 Å². The number of nitrogens with zero attached hydrogens (tertiary/aromatic N) is 4. The molecule has 65 heavy (non-hydrogen) atoms. The topological polar surface area (TPSA) is 69.9 Å².